The fourth-order valence-electron chi connectivity index (χ4n) is 6.86. The van der Waals surface area contributed by atoms with Gasteiger partial charge >= 0.3 is 11.9 Å². The Labute approximate surface area is 395 Å². The van der Waals surface area contributed by atoms with E-state index in [0.717, 1.165) is 45.1 Å². The zero-order valence-electron chi connectivity index (χ0n) is 43.4. The lowest BCUT2D eigenvalue weighted by Crippen LogP contribution is -2.45. The number of esters is 2. The minimum atomic E-state index is -0.774. The van der Waals surface area contributed by atoms with Gasteiger partial charge in [-0.1, -0.05) is 125 Å². The first-order valence-corrected chi connectivity index (χ1v) is 24.9. The van der Waals surface area contributed by atoms with Crippen molar-refractivity contribution < 1.29 is 33.4 Å². The van der Waals surface area contributed by atoms with E-state index in [4.69, 9.17) is 15.2 Å². The van der Waals surface area contributed by atoms with Crippen molar-refractivity contribution in [1.29, 1.82) is 0 Å². The Kier molecular flexibility index (Phi) is 38.2. The van der Waals surface area contributed by atoms with Crippen molar-refractivity contribution >= 4 is 46.5 Å². The number of allylic oxidation sites excluding steroid dienone is 3. The van der Waals surface area contributed by atoms with Crippen LogP contribution in [0.3, 0.4) is 0 Å². The number of ether oxygens (including phenoxy) is 2. The molecule has 3 N–H and O–H groups in total. The topological polar surface area (TPSA) is 161 Å². The molecule has 0 radical (unpaired) electrons. The Hall–Kier alpha value is -3.45. The van der Waals surface area contributed by atoms with Crippen LogP contribution in [0, 0.1) is 23.7 Å². The monoisotopic (exact) mass is 922 g/mol. The number of carbonyl (C=O) groups is 5. The highest BCUT2D eigenvalue weighted by Crippen LogP contribution is 2.25. The predicted octanol–water partition coefficient (Wildman–Crippen LogP) is 10.7. The molecule has 3 amide bonds. The first kappa shape index (κ1) is 64.8. The van der Waals surface area contributed by atoms with E-state index in [1.807, 2.05) is 73.4 Å². The van der Waals surface area contributed by atoms with Crippen molar-refractivity contribution in [3.63, 3.8) is 0 Å². The second-order valence-electron chi connectivity index (χ2n) is 18.0. The molecule has 0 bridgehead atoms. The molecule has 7 atom stereocenters. The Balaban J connectivity index is -0.00000209. The lowest BCUT2D eigenvalue weighted by Gasteiger charge is -2.34. The molecule has 1 aliphatic heterocycles. The highest BCUT2D eigenvalue weighted by Gasteiger charge is 2.32. The quantitative estimate of drug-likeness (QED) is 0.0416. The van der Waals surface area contributed by atoms with Crippen molar-refractivity contribution in [3.05, 3.63) is 36.8 Å². The van der Waals surface area contributed by atoms with Crippen LogP contribution in [0.5, 0.6) is 0 Å². The summed E-state index contributed by atoms with van der Waals surface area (Å²) in [5.41, 5.74) is 4.56. The molecule has 12 nitrogen and oxygen atoms in total. The largest absolute Gasteiger partial charge is 0.460 e. The van der Waals surface area contributed by atoms with Gasteiger partial charge in [0.15, 0.2) is 6.10 Å². The van der Waals surface area contributed by atoms with Gasteiger partial charge in [-0.2, -0.15) is 0 Å². The molecular formula is C51H95N5O7S. The number of nitrogens with two attached hydrogens (primary N) is 1. The zero-order chi connectivity index (χ0) is 50.0. The molecule has 5 unspecified atom stereocenters. The second-order valence-corrected chi connectivity index (χ2v) is 19.0. The number of carbonyl (C=O) groups excluding carboxylic acids is 5. The molecule has 0 aromatic carbocycles. The number of aliphatic imine (C=N–C) groups is 1. The summed E-state index contributed by atoms with van der Waals surface area (Å²) < 4.78 is 11.4. The molecule has 1 saturated heterocycles. The standard InChI is InChI=1S/C39H67N3O6S.C7H14N2O.C3H8.C2H6/c1-14-18-19-20-21-31(16-3)24-32(23-29(8)38(46)48-39(10,11)12)41-35(44)26-40-37(49-17-4)34(47-30(9)43)25-33(27(5)6)42(13)36(45)22-28(7)15-2;1-9-5-3-2-4-6(9)7(8)10;1-3-2;1-2/h16-19,27-29,31-34H,3-4,14-15,20-26H2,1-2,5-13H3,(H,41,44);6H,2-5H2,1H3,(H2,8,10);3H2,1-2H3;1-2H3/b19-18-,40-37?;;;/t28-,29?,31?,32?,33?,34?;6-;;/m01../s1. The van der Waals surface area contributed by atoms with Crippen LogP contribution in [-0.2, 0) is 33.4 Å². The number of nitrogens with one attached hydrogen (secondary N) is 1. The molecule has 1 heterocycles. The number of amides is 3. The molecule has 0 aliphatic carbocycles. The van der Waals surface area contributed by atoms with E-state index in [0.29, 0.717) is 30.7 Å². The maximum Gasteiger partial charge on any atom is 0.309 e. The first-order chi connectivity index (χ1) is 30.0. The van der Waals surface area contributed by atoms with Gasteiger partial charge in [-0.15, -0.1) is 6.58 Å². The maximum atomic E-state index is 13.4. The van der Waals surface area contributed by atoms with Crippen LogP contribution in [0.25, 0.3) is 0 Å². The van der Waals surface area contributed by atoms with Gasteiger partial charge in [-0.25, -0.2) is 0 Å². The Morgan fingerprint density at radius 3 is 2.05 bits per heavy atom. The summed E-state index contributed by atoms with van der Waals surface area (Å²) in [6, 6.07) is -0.556. The number of nitrogens with zero attached hydrogens (tertiary/aromatic N) is 3. The molecule has 372 valence electrons. The minimum absolute atomic E-state index is 0.00579. The maximum absolute atomic E-state index is 13.4. The van der Waals surface area contributed by atoms with Gasteiger partial charge in [-0.05, 0) is 102 Å². The number of rotatable bonds is 24. The molecule has 1 fully saturated rings. The highest BCUT2D eigenvalue weighted by molar-refractivity contribution is 8.16. The predicted molar refractivity (Wildman–Crippen MR) is 271 cm³/mol. The molecular weight excluding hydrogens is 827 g/mol. The molecule has 0 aromatic heterocycles. The second kappa shape index (κ2) is 37.7. The fraction of sp³-hybridized carbons (Fsp3) is 0.765. The third-order valence-electron chi connectivity index (χ3n) is 10.4. The number of hydrogen-bond donors (Lipinski definition) is 2. The number of hydrogen-bond acceptors (Lipinski definition) is 10. The highest BCUT2D eigenvalue weighted by atomic mass is 32.2. The van der Waals surface area contributed by atoms with Gasteiger partial charge in [0.25, 0.3) is 0 Å². The summed E-state index contributed by atoms with van der Waals surface area (Å²) in [6.07, 6.45) is 15.4. The molecule has 1 aliphatic rings. The Bertz CT molecular complexity index is 1400. The van der Waals surface area contributed by atoms with E-state index < -0.39 is 23.6 Å². The number of likely N-dealkylation sites (tertiary alicyclic amines) is 1. The number of piperidine rings is 1. The first-order valence-electron chi connectivity index (χ1n) is 24.1. The lowest BCUT2D eigenvalue weighted by molar-refractivity contribution is -0.160. The van der Waals surface area contributed by atoms with Crippen LogP contribution in [-0.4, -0.2) is 102 Å². The number of likely N-dealkylation sites (N-methyl/N-ethyl adjacent to an activating group) is 1. The smallest absolute Gasteiger partial charge is 0.309 e. The van der Waals surface area contributed by atoms with E-state index >= 15 is 0 Å². The van der Waals surface area contributed by atoms with Gasteiger partial charge in [-0.3, -0.25) is 33.9 Å². The van der Waals surface area contributed by atoms with E-state index in [1.54, 1.807) is 17.4 Å². The minimum Gasteiger partial charge on any atom is -0.460 e. The summed E-state index contributed by atoms with van der Waals surface area (Å²) in [4.78, 5) is 70.8. The van der Waals surface area contributed by atoms with Crippen LogP contribution in [0.15, 0.2) is 41.8 Å². The van der Waals surface area contributed by atoms with Crippen molar-refractivity contribution in [1.82, 2.24) is 15.1 Å². The number of thioether (sulfide) groups is 1. The van der Waals surface area contributed by atoms with Gasteiger partial charge in [0, 0.05) is 38.9 Å². The molecule has 0 saturated carbocycles. The van der Waals surface area contributed by atoms with Gasteiger partial charge < -0.3 is 25.4 Å². The summed E-state index contributed by atoms with van der Waals surface area (Å²) >= 11 is 1.19. The molecule has 13 heteroatoms. The fourth-order valence-corrected chi connectivity index (χ4v) is 7.46. The van der Waals surface area contributed by atoms with Crippen molar-refractivity contribution in [3.8, 4) is 0 Å². The van der Waals surface area contributed by atoms with Crippen LogP contribution in [0.4, 0.5) is 0 Å². The lowest BCUT2D eigenvalue weighted by atomic mass is 9.90. The third-order valence-corrected chi connectivity index (χ3v) is 11.2. The van der Waals surface area contributed by atoms with Crippen LogP contribution < -0.4 is 11.1 Å². The van der Waals surface area contributed by atoms with Crippen molar-refractivity contribution in [2.24, 2.45) is 34.4 Å². The van der Waals surface area contributed by atoms with Crippen LogP contribution in [0.1, 0.15) is 174 Å². The van der Waals surface area contributed by atoms with Crippen molar-refractivity contribution in [2.45, 2.75) is 204 Å². The summed E-state index contributed by atoms with van der Waals surface area (Å²) in [6.45, 7) is 35.8. The summed E-state index contributed by atoms with van der Waals surface area (Å²) in [5.74, 6) is -1.23. The van der Waals surface area contributed by atoms with Crippen LogP contribution >= 0.6 is 11.8 Å². The van der Waals surface area contributed by atoms with Gasteiger partial charge in [0.05, 0.1) is 12.0 Å². The molecule has 0 spiro atoms. The van der Waals surface area contributed by atoms with E-state index in [9.17, 15) is 24.0 Å². The normalized spacial score (nSPS) is 17.0. The van der Waals surface area contributed by atoms with Crippen LogP contribution in [0.2, 0.25) is 0 Å². The molecule has 64 heavy (non-hydrogen) atoms. The van der Waals surface area contributed by atoms with Gasteiger partial charge in [0.2, 0.25) is 17.7 Å². The summed E-state index contributed by atoms with van der Waals surface area (Å²) in [5, 5.41) is 5.13. The van der Waals surface area contributed by atoms with Crippen molar-refractivity contribution in [2.75, 3.05) is 27.2 Å². The average molecular weight is 922 g/mol. The third kappa shape index (κ3) is 31.4. The summed E-state index contributed by atoms with van der Waals surface area (Å²) in [7, 11) is 3.74. The van der Waals surface area contributed by atoms with E-state index in [1.165, 1.54) is 31.5 Å². The number of primary amides is 1. The SMILES string of the molecule is C=CSC(=NCC(=O)NC(CC(C=C)CC/C=C\CC)CC(C)C(=O)OC(C)(C)C)C(CC(C(C)C)N(C)C(=O)C[C@@H](C)CC)OC(C)=O.CC.CCC.CN1CCCC[C@@H]1C(N)=O. The zero-order valence-corrected chi connectivity index (χ0v) is 44.2. The van der Waals surface area contributed by atoms with E-state index in [2.05, 4.69) is 70.2 Å². The van der Waals surface area contributed by atoms with E-state index in [-0.39, 0.29) is 66.1 Å². The van der Waals surface area contributed by atoms with Gasteiger partial charge in [0.1, 0.15) is 17.2 Å². The Morgan fingerprint density at radius 1 is 0.984 bits per heavy atom. The molecule has 0 aromatic rings. The molecule has 1 rings (SSSR count). The average Bonchev–Trinajstić information content (AvgIpc) is 3.22. The Morgan fingerprint density at radius 2 is 1.59 bits per heavy atom.